The second kappa shape index (κ2) is 13.5. The molecule has 4 atom stereocenters. The van der Waals surface area contributed by atoms with Gasteiger partial charge in [-0.2, -0.15) is 0 Å². The van der Waals surface area contributed by atoms with Gasteiger partial charge in [-0.05, 0) is 99.2 Å². The number of carbonyl (C=O) groups is 1. The summed E-state index contributed by atoms with van der Waals surface area (Å²) in [6.45, 7) is 23.3. The Labute approximate surface area is 225 Å². The van der Waals surface area contributed by atoms with Crippen LogP contribution in [-0.4, -0.2) is 24.3 Å². The SMILES string of the molecule is CCC1CCCC(CC(C)C(C)(C)OC(=O)COC2CCC(C(CC(C)(C)CC)C(C)(C)C)CC2)C1. The van der Waals surface area contributed by atoms with Crippen LogP contribution in [0.15, 0.2) is 0 Å². The molecule has 3 heteroatoms. The molecule has 2 fully saturated rings. The van der Waals surface area contributed by atoms with E-state index >= 15 is 0 Å². The van der Waals surface area contributed by atoms with Crippen LogP contribution in [0, 0.1) is 40.4 Å². The first-order chi connectivity index (χ1) is 16.7. The van der Waals surface area contributed by atoms with Crippen LogP contribution in [0.3, 0.4) is 0 Å². The first-order valence-corrected chi connectivity index (χ1v) is 15.5. The lowest BCUT2D eigenvalue weighted by Gasteiger charge is -2.44. The number of hydrogen-bond acceptors (Lipinski definition) is 3. The second-order valence-corrected chi connectivity index (χ2v) is 15.1. The lowest BCUT2D eigenvalue weighted by Crippen LogP contribution is -2.39. The normalized spacial score (nSPS) is 27.9. The Morgan fingerprint density at radius 2 is 1.50 bits per heavy atom. The summed E-state index contributed by atoms with van der Waals surface area (Å²) >= 11 is 0. The van der Waals surface area contributed by atoms with Crippen molar-refractivity contribution in [3.05, 3.63) is 0 Å². The maximum absolute atomic E-state index is 12.7. The average Bonchev–Trinajstić information content (AvgIpc) is 2.81. The van der Waals surface area contributed by atoms with Gasteiger partial charge >= 0.3 is 5.97 Å². The van der Waals surface area contributed by atoms with E-state index in [1.54, 1.807) is 0 Å². The quantitative estimate of drug-likeness (QED) is 0.247. The fourth-order valence-electron chi connectivity index (χ4n) is 6.96. The highest BCUT2D eigenvalue weighted by Crippen LogP contribution is 2.47. The van der Waals surface area contributed by atoms with Crippen LogP contribution in [0.2, 0.25) is 0 Å². The zero-order chi connectivity index (χ0) is 27.1. The molecule has 2 rings (SSSR count). The summed E-state index contributed by atoms with van der Waals surface area (Å²) in [6.07, 6.45) is 15.2. The fraction of sp³-hybridized carbons (Fsp3) is 0.970. The van der Waals surface area contributed by atoms with Crippen molar-refractivity contribution in [2.75, 3.05) is 6.61 Å². The fourth-order valence-corrected chi connectivity index (χ4v) is 6.96. The van der Waals surface area contributed by atoms with Crippen LogP contribution in [0.1, 0.15) is 146 Å². The first kappa shape index (κ1) is 31.6. The van der Waals surface area contributed by atoms with Crippen LogP contribution < -0.4 is 0 Å². The Bertz CT molecular complexity index is 650. The molecule has 212 valence electrons. The van der Waals surface area contributed by atoms with E-state index < -0.39 is 5.60 Å². The molecule has 0 spiro atoms. The summed E-state index contributed by atoms with van der Waals surface area (Å²) in [5.74, 6) is 3.33. The smallest absolute Gasteiger partial charge is 0.332 e. The minimum atomic E-state index is -0.441. The third kappa shape index (κ3) is 9.95. The number of rotatable bonds is 12. The third-order valence-corrected chi connectivity index (χ3v) is 10.3. The van der Waals surface area contributed by atoms with Gasteiger partial charge in [0, 0.05) is 0 Å². The Hall–Kier alpha value is -0.570. The van der Waals surface area contributed by atoms with Crippen molar-refractivity contribution in [1.82, 2.24) is 0 Å². The molecule has 0 aromatic carbocycles. The standard InChI is InChI=1S/C33H62O3/c1-11-25-14-13-15-26(21-25)20-24(3)33(9,10)36-30(34)23-35-28-18-16-27(17-19-28)29(31(4,5)6)22-32(7,8)12-2/h24-29H,11-23H2,1-10H3. The van der Waals surface area contributed by atoms with Crippen LogP contribution in [0.4, 0.5) is 0 Å². The molecule has 2 aliphatic carbocycles. The summed E-state index contributed by atoms with van der Waals surface area (Å²) < 4.78 is 12.1. The minimum Gasteiger partial charge on any atom is -0.458 e. The summed E-state index contributed by atoms with van der Waals surface area (Å²) in [7, 11) is 0. The lowest BCUT2D eigenvalue weighted by atomic mass is 9.62. The van der Waals surface area contributed by atoms with Gasteiger partial charge in [-0.15, -0.1) is 0 Å². The maximum atomic E-state index is 12.7. The molecular formula is C33H62O3. The van der Waals surface area contributed by atoms with Crippen LogP contribution in [0.5, 0.6) is 0 Å². The Kier molecular flexibility index (Phi) is 11.8. The van der Waals surface area contributed by atoms with Crippen molar-refractivity contribution in [2.45, 2.75) is 158 Å². The van der Waals surface area contributed by atoms with Gasteiger partial charge in [0.25, 0.3) is 0 Å². The zero-order valence-corrected chi connectivity index (χ0v) is 25.9. The van der Waals surface area contributed by atoms with Crippen molar-refractivity contribution < 1.29 is 14.3 Å². The third-order valence-electron chi connectivity index (χ3n) is 10.3. The second-order valence-electron chi connectivity index (χ2n) is 15.1. The number of esters is 1. The van der Waals surface area contributed by atoms with Crippen LogP contribution in [-0.2, 0) is 14.3 Å². The molecule has 0 amide bonds. The largest absolute Gasteiger partial charge is 0.458 e. The lowest BCUT2D eigenvalue weighted by molar-refractivity contribution is -0.170. The summed E-state index contributed by atoms with van der Waals surface area (Å²) in [4.78, 5) is 12.7. The molecule has 2 saturated carbocycles. The van der Waals surface area contributed by atoms with Crippen molar-refractivity contribution in [3.8, 4) is 0 Å². The highest BCUT2D eigenvalue weighted by atomic mass is 16.6. The van der Waals surface area contributed by atoms with E-state index in [2.05, 4.69) is 69.2 Å². The molecule has 0 aromatic rings. The number of ether oxygens (including phenoxy) is 2. The predicted molar refractivity (Wildman–Crippen MR) is 153 cm³/mol. The summed E-state index contributed by atoms with van der Waals surface area (Å²) in [5.41, 5.74) is 0.281. The van der Waals surface area contributed by atoms with Crippen LogP contribution >= 0.6 is 0 Å². The molecule has 3 nitrogen and oxygen atoms in total. The molecule has 0 bridgehead atoms. The Morgan fingerprint density at radius 1 is 0.889 bits per heavy atom. The molecule has 0 aromatic heterocycles. The van der Waals surface area contributed by atoms with Crippen molar-refractivity contribution in [2.24, 2.45) is 40.4 Å². The Morgan fingerprint density at radius 3 is 2.06 bits per heavy atom. The van der Waals surface area contributed by atoms with Gasteiger partial charge in [-0.1, -0.05) is 87.5 Å². The van der Waals surface area contributed by atoms with E-state index in [0.717, 1.165) is 42.9 Å². The van der Waals surface area contributed by atoms with Crippen molar-refractivity contribution >= 4 is 5.97 Å². The zero-order valence-electron chi connectivity index (χ0n) is 25.9. The van der Waals surface area contributed by atoms with Gasteiger partial charge in [0.15, 0.2) is 0 Å². The molecule has 0 radical (unpaired) electrons. The topological polar surface area (TPSA) is 35.5 Å². The molecule has 36 heavy (non-hydrogen) atoms. The van der Waals surface area contributed by atoms with Gasteiger partial charge in [-0.25, -0.2) is 4.79 Å². The summed E-state index contributed by atoms with van der Waals surface area (Å²) in [5, 5.41) is 0. The molecule has 4 unspecified atom stereocenters. The number of hydrogen-bond donors (Lipinski definition) is 0. The molecule has 0 heterocycles. The minimum absolute atomic E-state index is 0.0956. The number of carbonyl (C=O) groups excluding carboxylic acids is 1. The van der Waals surface area contributed by atoms with Gasteiger partial charge in [0.1, 0.15) is 12.2 Å². The average molecular weight is 507 g/mol. The van der Waals surface area contributed by atoms with Crippen molar-refractivity contribution in [3.63, 3.8) is 0 Å². The van der Waals surface area contributed by atoms with Crippen LogP contribution in [0.25, 0.3) is 0 Å². The van der Waals surface area contributed by atoms with Gasteiger partial charge < -0.3 is 9.47 Å². The predicted octanol–water partition coefficient (Wildman–Crippen LogP) is 9.61. The molecule has 0 saturated heterocycles. The van der Waals surface area contributed by atoms with Gasteiger partial charge in [-0.3, -0.25) is 0 Å². The van der Waals surface area contributed by atoms with Gasteiger partial charge in [0.2, 0.25) is 0 Å². The molecule has 2 aliphatic rings. The summed E-state index contributed by atoms with van der Waals surface area (Å²) in [6, 6.07) is 0. The monoisotopic (exact) mass is 506 g/mol. The maximum Gasteiger partial charge on any atom is 0.332 e. The Balaban J connectivity index is 1.78. The van der Waals surface area contributed by atoms with E-state index in [9.17, 15) is 4.79 Å². The first-order valence-electron chi connectivity index (χ1n) is 15.5. The molecule has 0 N–H and O–H groups in total. The van der Waals surface area contributed by atoms with E-state index in [0.29, 0.717) is 16.7 Å². The van der Waals surface area contributed by atoms with E-state index in [1.165, 1.54) is 57.8 Å². The van der Waals surface area contributed by atoms with E-state index in [1.807, 2.05) is 0 Å². The van der Waals surface area contributed by atoms with E-state index in [-0.39, 0.29) is 18.7 Å². The highest BCUT2D eigenvalue weighted by Gasteiger charge is 2.38. The highest BCUT2D eigenvalue weighted by molar-refractivity contribution is 5.71. The van der Waals surface area contributed by atoms with E-state index in [4.69, 9.17) is 9.47 Å². The van der Waals surface area contributed by atoms with Gasteiger partial charge in [0.05, 0.1) is 6.10 Å². The molecular weight excluding hydrogens is 444 g/mol. The molecule has 0 aliphatic heterocycles. The van der Waals surface area contributed by atoms with Crippen molar-refractivity contribution in [1.29, 1.82) is 0 Å².